The zero-order chi connectivity index (χ0) is 8.39. The van der Waals surface area contributed by atoms with Gasteiger partial charge in [0.2, 0.25) is 0 Å². The highest BCUT2D eigenvalue weighted by molar-refractivity contribution is 5.13. The minimum atomic E-state index is 0.393. The van der Waals surface area contributed by atoms with E-state index >= 15 is 0 Å². The van der Waals surface area contributed by atoms with Gasteiger partial charge in [-0.3, -0.25) is 0 Å². The van der Waals surface area contributed by atoms with E-state index in [2.05, 4.69) is 6.08 Å². The molecular formula is C11H18O. The predicted molar refractivity (Wildman–Crippen MR) is 49.9 cm³/mol. The molecule has 0 aromatic carbocycles. The van der Waals surface area contributed by atoms with E-state index in [1.165, 1.54) is 38.5 Å². The van der Waals surface area contributed by atoms with Gasteiger partial charge >= 0.3 is 0 Å². The lowest BCUT2D eigenvalue weighted by molar-refractivity contribution is 0.189. The average Bonchev–Trinajstić information content (AvgIpc) is 2.17. The van der Waals surface area contributed by atoms with E-state index in [0.29, 0.717) is 12.5 Å². The average molecular weight is 166 g/mol. The van der Waals surface area contributed by atoms with E-state index in [-0.39, 0.29) is 0 Å². The molecule has 1 N–H and O–H groups in total. The van der Waals surface area contributed by atoms with Crippen LogP contribution in [0.2, 0.25) is 0 Å². The fourth-order valence-electron chi connectivity index (χ4n) is 2.61. The van der Waals surface area contributed by atoms with Gasteiger partial charge in [0.1, 0.15) is 0 Å². The van der Waals surface area contributed by atoms with Crippen molar-refractivity contribution in [3.05, 3.63) is 11.6 Å². The Kier molecular flexibility index (Phi) is 2.50. The third-order valence-corrected chi connectivity index (χ3v) is 3.39. The molecule has 2 atom stereocenters. The lowest BCUT2D eigenvalue weighted by Gasteiger charge is -2.32. The van der Waals surface area contributed by atoms with Crippen LogP contribution in [-0.2, 0) is 0 Å². The van der Waals surface area contributed by atoms with E-state index in [1.54, 1.807) is 5.57 Å². The van der Waals surface area contributed by atoms with Crippen LogP contribution in [0.25, 0.3) is 0 Å². The van der Waals surface area contributed by atoms with Crippen molar-refractivity contribution in [2.45, 2.75) is 38.5 Å². The highest BCUT2D eigenvalue weighted by Crippen LogP contribution is 2.38. The monoisotopic (exact) mass is 166 g/mol. The van der Waals surface area contributed by atoms with Crippen LogP contribution in [0.1, 0.15) is 38.5 Å². The second-order valence-corrected chi connectivity index (χ2v) is 4.24. The number of aliphatic hydroxyl groups excluding tert-OH is 1. The van der Waals surface area contributed by atoms with Gasteiger partial charge in [-0.1, -0.05) is 11.6 Å². The molecule has 2 aliphatic rings. The lowest BCUT2D eigenvalue weighted by atomic mass is 9.74. The van der Waals surface area contributed by atoms with Gasteiger partial charge in [0, 0.05) is 6.61 Å². The first kappa shape index (κ1) is 8.31. The van der Waals surface area contributed by atoms with Gasteiger partial charge in [-0.15, -0.1) is 0 Å². The fourth-order valence-corrected chi connectivity index (χ4v) is 2.61. The first-order chi connectivity index (χ1) is 5.90. The first-order valence-electron chi connectivity index (χ1n) is 5.20. The number of rotatable bonds is 1. The summed E-state index contributed by atoms with van der Waals surface area (Å²) in [5, 5.41) is 9.05. The highest BCUT2D eigenvalue weighted by Gasteiger charge is 2.25. The number of hydrogen-bond acceptors (Lipinski definition) is 1. The van der Waals surface area contributed by atoms with Crippen molar-refractivity contribution in [1.29, 1.82) is 0 Å². The van der Waals surface area contributed by atoms with Crippen LogP contribution in [0, 0.1) is 11.8 Å². The Hall–Kier alpha value is -0.300. The molecule has 0 heterocycles. The van der Waals surface area contributed by atoms with Gasteiger partial charge in [-0.2, -0.15) is 0 Å². The van der Waals surface area contributed by atoms with Crippen LogP contribution < -0.4 is 0 Å². The SMILES string of the molecule is OCC1CCC2CCCC=C2C1. The Labute approximate surface area is 74.5 Å². The molecule has 1 nitrogen and oxygen atoms in total. The zero-order valence-corrected chi connectivity index (χ0v) is 7.63. The van der Waals surface area contributed by atoms with Gasteiger partial charge < -0.3 is 5.11 Å². The molecule has 1 heteroatoms. The summed E-state index contributed by atoms with van der Waals surface area (Å²) >= 11 is 0. The molecule has 1 fully saturated rings. The molecule has 2 aliphatic carbocycles. The fraction of sp³-hybridized carbons (Fsp3) is 0.818. The predicted octanol–water partition coefficient (Wildman–Crippen LogP) is 2.51. The second kappa shape index (κ2) is 3.61. The van der Waals surface area contributed by atoms with Crippen LogP contribution in [-0.4, -0.2) is 11.7 Å². The van der Waals surface area contributed by atoms with Crippen molar-refractivity contribution < 1.29 is 5.11 Å². The van der Waals surface area contributed by atoms with Crippen LogP contribution in [0.5, 0.6) is 0 Å². The molecular weight excluding hydrogens is 148 g/mol. The number of allylic oxidation sites excluding steroid dienone is 2. The van der Waals surface area contributed by atoms with Crippen LogP contribution >= 0.6 is 0 Å². The first-order valence-corrected chi connectivity index (χ1v) is 5.20. The van der Waals surface area contributed by atoms with E-state index in [1.807, 2.05) is 0 Å². The quantitative estimate of drug-likeness (QED) is 0.593. The van der Waals surface area contributed by atoms with Crippen molar-refractivity contribution in [3.63, 3.8) is 0 Å². The van der Waals surface area contributed by atoms with E-state index in [9.17, 15) is 0 Å². The van der Waals surface area contributed by atoms with Crippen molar-refractivity contribution in [2.75, 3.05) is 6.61 Å². The number of aliphatic hydroxyl groups is 1. The molecule has 1 saturated carbocycles. The molecule has 0 aliphatic heterocycles. The van der Waals surface area contributed by atoms with Gasteiger partial charge in [0.05, 0.1) is 0 Å². The van der Waals surface area contributed by atoms with Crippen LogP contribution in [0.15, 0.2) is 11.6 Å². The maximum Gasteiger partial charge on any atom is 0.0462 e. The smallest absolute Gasteiger partial charge is 0.0462 e. The highest BCUT2D eigenvalue weighted by atomic mass is 16.3. The van der Waals surface area contributed by atoms with Crippen LogP contribution in [0.4, 0.5) is 0 Å². The summed E-state index contributed by atoms with van der Waals surface area (Å²) in [5.41, 5.74) is 1.66. The minimum absolute atomic E-state index is 0.393. The molecule has 12 heavy (non-hydrogen) atoms. The Morgan fingerprint density at radius 3 is 3.08 bits per heavy atom. The topological polar surface area (TPSA) is 20.2 Å². The second-order valence-electron chi connectivity index (χ2n) is 4.24. The summed E-state index contributed by atoms with van der Waals surface area (Å²) in [6.45, 7) is 0.393. The largest absolute Gasteiger partial charge is 0.396 e. The van der Waals surface area contributed by atoms with Crippen molar-refractivity contribution in [2.24, 2.45) is 11.8 Å². The minimum Gasteiger partial charge on any atom is -0.396 e. The maximum absolute atomic E-state index is 9.05. The molecule has 0 amide bonds. The van der Waals surface area contributed by atoms with Gasteiger partial charge in [0.25, 0.3) is 0 Å². The maximum atomic E-state index is 9.05. The van der Waals surface area contributed by atoms with Crippen molar-refractivity contribution >= 4 is 0 Å². The molecule has 0 spiro atoms. The number of fused-ring (bicyclic) bond motifs is 1. The Bertz CT molecular complexity index is 183. The Morgan fingerprint density at radius 1 is 1.33 bits per heavy atom. The van der Waals surface area contributed by atoms with E-state index in [4.69, 9.17) is 5.11 Å². The van der Waals surface area contributed by atoms with Crippen molar-refractivity contribution in [3.8, 4) is 0 Å². The van der Waals surface area contributed by atoms with Crippen molar-refractivity contribution in [1.82, 2.24) is 0 Å². The standard InChI is InChI=1S/C11H18O/c12-8-9-5-6-10-3-1-2-4-11(10)7-9/h4,9-10,12H,1-3,5-8H2. The molecule has 0 saturated heterocycles. The summed E-state index contributed by atoms with van der Waals surface area (Å²) < 4.78 is 0. The van der Waals surface area contributed by atoms with Gasteiger partial charge in [-0.25, -0.2) is 0 Å². The molecule has 0 radical (unpaired) electrons. The van der Waals surface area contributed by atoms with Gasteiger partial charge in [0.15, 0.2) is 0 Å². The van der Waals surface area contributed by atoms with E-state index < -0.39 is 0 Å². The normalized spacial score (nSPS) is 35.6. The Balaban J connectivity index is 2.01. The molecule has 0 bridgehead atoms. The molecule has 2 unspecified atom stereocenters. The summed E-state index contributed by atoms with van der Waals surface area (Å²) in [4.78, 5) is 0. The van der Waals surface area contributed by atoms with Crippen LogP contribution in [0.3, 0.4) is 0 Å². The number of hydrogen-bond donors (Lipinski definition) is 1. The third-order valence-electron chi connectivity index (χ3n) is 3.39. The molecule has 0 aromatic rings. The van der Waals surface area contributed by atoms with Gasteiger partial charge in [-0.05, 0) is 50.4 Å². The zero-order valence-electron chi connectivity index (χ0n) is 7.63. The lowest BCUT2D eigenvalue weighted by Crippen LogP contribution is -2.21. The Morgan fingerprint density at radius 2 is 2.25 bits per heavy atom. The molecule has 68 valence electrons. The summed E-state index contributed by atoms with van der Waals surface area (Å²) in [6.07, 6.45) is 10.3. The summed E-state index contributed by atoms with van der Waals surface area (Å²) in [7, 11) is 0. The third kappa shape index (κ3) is 1.56. The van der Waals surface area contributed by atoms with E-state index in [0.717, 1.165) is 5.92 Å². The summed E-state index contributed by atoms with van der Waals surface area (Å²) in [6, 6.07) is 0. The molecule has 2 rings (SSSR count). The summed E-state index contributed by atoms with van der Waals surface area (Å²) in [5.74, 6) is 1.46. The molecule has 0 aromatic heterocycles.